The van der Waals surface area contributed by atoms with Crippen LogP contribution in [0.4, 0.5) is 5.69 Å². The SMILES string of the molecule is CCN(CC)c1ccc(CN(CCOC)C(=O)COC)c(OS(C)(=O)=O)c1. The lowest BCUT2D eigenvalue weighted by molar-refractivity contribution is -0.136. The highest BCUT2D eigenvalue weighted by Crippen LogP contribution is 2.28. The monoisotopic (exact) mass is 402 g/mol. The Kier molecular flexibility index (Phi) is 9.54. The van der Waals surface area contributed by atoms with Crippen LogP contribution in [0.1, 0.15) is 19.4 Å². The Hall–Kier alpha value is -1.84. The van der Waals surface area contributed by atoms with E-state index in [0.717, 1.165) is 25.0 Å². The van der Waals surface area contributed by atoms with E-state index in [-0.39, 0.29) is 24.8 Å². The highest BCUT2D eigenvalue weighted by molar-refractivity contribution is 7.86. The maximum absolute atomic E-state index is 12.3. The first-order valence-electron chi connectivity index (χ1n) is 8.78. The second kappa shape index (κ2) is 11.1. The van der Waals surface area contributed by atoms with Crippen molar-refractivity contribution >= 4 is 21.7 Å². The largest absolute Gasteiger partial charge is 0.383 e. The summed E-state index contributed by atoms with van der Waals surface area (Å²) in [7, 11) is -0.711. The number of hydrogen-bond acceptors (Lipinski definition) is 7. The fourth-order valence-corrected chi connectivity index (χ4v) is 3.10. The highest BCUT2D eigenvalue weighted by Gasteiger charge is 2.19. The Balaban J connectivity index is 3.23. The molecule has 1 rings (SSSR count). The number of amides is 1. The number of nitrogens with zero attached hydrogens (tertiary/aromatic N) is 2. The number of carbonyl (C=O) groups is 1. The Morgan fingerprint density at radius 3 is 2.30 bits per heavy atom. The summed E-state index contributed by atoms with van der Waals surface area (Å²) in [5.41, 5.74) is 1.45. The van der Waals surface area contributed by atoms with Crippen molar-refractivity contribution in [3.05, 3.63) is 23.8 Å². The fraction of sp³-hybridized carbons (Fsp3) is 0.611. The van der Waals surface area contributed by atoms with Crippen molar-refractivity contribution in [1.29, 1.82) is 0 Å². The van der Waals surface area contributed by atoms with Gasteiger partial charge in [-0.25, -0.2) is 0 Å². The molecular formula is C18H30N2O6S. The fourth-order valence-electron chi connectivity index (χ4n) is 2.61. The number of rotatable bonds is 12. The summed E-state index contributed by atoms with van der Waals surface area (Å²) in [6.45, 7) is 6.43. The van der Waals surface area contributed by atoms with Crippen LogP contribution in [0.25, 0.3) is 0 Å². The molecule has 0 N–H and O–H groups in total. The third kappa shape index (κ3) is 7.74. The standard InChI is InChI=1S/C18H30N2O6S/c1-6-19(7-2)16-9-8-15(17(12-16)26-27(5,22)23)13-20(10-11-24-3)18(21)14-25-4/h8-9,12H,6-7,10-11,13-14H2,1-5H3. The molecule has 0 saturated carbocycles. The molecule has 0 aliphatic carbocycles. The molecule has 0 bridgehead atoms. The van der Waals surface area contributed by atoms with Crippen LogP contribution < -0.4 is 9.08 Å². The first-order valence-corrected chi connectivity index (χ1v) is 10.6. The minimum absolute atomic E-state index is 0.0660. The number of carbonyl (C=O) groups excluding carboxylic acids is 1. The van der Waals surface area contributed by atoms with Gasteiger partial charge in [-0.1, -0.05) is 6.07 Å². The highest BCUT2D eigenvalue weighted by atomic mass is 32.2. The quantitative estimate of drug-likeness (QED) is 0.490. The van der Waals surface area contributed by atoms with Crippen molar-refractivity contribution in [3.8, 4) is 5.75 Å². The van der Waals surface area contributed by atoms with Gasteiger partial charge in [0.05, 0.1) is 12.9 Å². The van der Waals surface area contributed by atoms with Gasteiger partial charge < -0.3 is 23.5 Å². The van der Waals surface area contributed by atoms with Gasteiger partial charge in [-0.15, -0.1) is 0 Å². The van der Waals surface area contributed by atoms with E-state index < -0.39 is 10.1 Å². The predicted octanol–water partition coefficient (Wildman–Crippen LogP) is 1.49. The van der Waals surface area contributed by atoms with E-state index in [4.69, 9.17) is 13.7 Å². The molecule has 0 aliphatic heterocycles. The van der Waals surface area contributed by atoms with Gasteiger partial charge in [0.25, 0.3) is 0 Å². The second-order valence-corrected chi connectivity index (χ2v) is 7.57. The third-order valence-corrected chi connectivity index (χ3v) is 4.45. The number of ether oxygens (including phenoxy) is 2. The van der Waals surface area contributed by atoms with Crippen LogP contribution in [-0.4, -0.2) is 72.5 Å². The summed E-state index contributed by atoms with van der Waals surface area (Å²) in [6.07, 6.45) is 1.000. The van der Waals surface area contributed by atoms with Crippen LogP contribution in [0, 0.1) is 0 Å². The van der Waals surface area contributed by atoms with E-state index >= 15 is 0 Å². The molecule has 0 radical (unpaired) electrons. The molecule has 0 atom stereocenters. The number of hydrogen-bond donors (Lipinski definition) is 0. The molecule has 1 amide bonds. The van der Waals surface area contributed by atoms with Crippen LogP contribution in [0.3, 0.4) is 0 Å². The van der Waals surface area contributed by atoms with Crippen LogP contribution in [0.15, 0.2) is 18.2 Å². The van der Waals surface area contributed by atoms with Crippen molar-refractivity contribution in [2.24, 2.45) is 0 Å². The van der Waals surface area contributed by atoms with E-state index in [1.807, 2.05) is 19.9 Å². The Bertz CT molecular complexity index is 704. The molecule has 0 aliphatic rings. The van der Waals surface area contributed by atoms with Gasteiger partial charge in [-0.05, 0) is 19.9 Å². The first-order chi connectivity index (χ1) is 12.8. The van der Waals surface area contributed by atoms with Crippen LogP contribution >= 0.6 is 0 Å². The molecule has 154 valence electrons. The molecule has 0 saturated heterocycles. The average Bonchev–Trinajstić information content (AvgIpc) is 2.60. The molecule has 0 aromatic heterocycles. The molecule has 1 aromatic carbocycles. The maximum atomic E-state index is 12.3. The first kappa shape index (κ1) is 23.2. The maximum Gasteiger partial charge on any atom is 0.306 e. The minimum atomic E-state index is -3.71. The average molecular weight is 403 g/mol. The Labute approximate surface area is 162 Å². The summed E-state index contributed by atoms with van der Waals surface area (Å²) < 4.78 is 38.6. The number of anilines is 1. The molecule has 27 heavy (non-hydrogen) atoms. The lowest BCUT2D eigenvalue weighted by Crippen LogP contribution is -2.36. The zero-order valence-electron chi connectivity index (χ0n) is 16.7. The summed E-state index contributed by atoms with van der Waals surface area (Å²) >= 11 is 0. The Morgan fingerprint density at radius 2 is 1.78 bits per heavy atom. The van der Waals surface area contributed by atoms with Crippen molar-refractivity contribution in [1.82, 2.24) is 4.90 Å². The lowest BCUT2D eigenvalue weighted by Gasteiger charge is -2.25. The van der Waals surface area contributed by atoms with Gasteiger partial charge in [-0.3, -0.25) is 4.79 Å². The molecule has 0 fully saturated rings. The summed E-state index contributed by atoms with van der Waals surface area (Å²) in [5.74, 6) is 0.00205. The van der Waals surface area contributed by atoms with Crippen molar-refractivity contribution in [2.75, 3.05) is 58.2 Å². The van der Waals surface area contributed by atoms with Gasteiger partial charge in [0.15, 0.2) is 0 Å². The van der Waals surface area contributed by atoms with Crippen molar-refractivity contribution < 1.29 is 26.9 Å². The van der Waals surface area contributed by atoms with Gasteiger partial charge in [-0.2, -0.15) is 8.42 Å². The zero-order valence-corrected chi connectivity index (χ0v) is 17.5. The molecule has 9 heteroatoms. The van der Waals surface area contributed by atoms with Crippen molar-refractivity contribution in [3.63, 3.8) is 0 Å². The van der Waals surface area contributed by atoms with Crippen LogP contribution in [-0.2, 0) is 30.9 Å². The van der Waals surface area contributed by atoms with E-state index in [9.17, 15) is 13.2 Å². The molecule has 8 nitrogen and oxygen atoms in total. The minimum Gasteiger partial charge on any atom is -0.383 e. The van der Waals surface area contributed by atoms with Gasteiger partial charge in [0, 0.05) is 57.7 Å². The van der Waals surface area contributed by atoms with E-state index in [0.29, 0.717) is 18.7 Å². The zero-order chi connectivity index (χ0) is 20.4. The van der Waals surface area contributed by atoms with Crippen LogP contribution in [0.5, 0.6) is 5.75 Å². The molecular weight excluding hydrogens is 372 g/mol. The number of methoxy groups -OCH3 is 2. The smallest absolute Gasteiger partial charge is 0.306 e. The number of benzene rings is 1. The second-order valence-electron chi connectivity index (χ2n) is 5.99. The Morgan fingerprint density at radius 1 is 1.11 bits per heavy atom. The van der Waals surface area contributed by atoms with E-state index in [2.05, 4.69) is 4.90 Å². The van der Waals surface area contributed by atoms with Gasteiger partial charge in [0.2, 0.25) is 5.91 Å². The predicted molar refractivity (Wildman–Crippen MR) is 105 cm³/mol. The van der Waals surface area contributed by atoms with E-state index in [1.165, 1.54) is 7.11 Å². The molecule has 0 unspecified atom stereocenters. The molecule has 1 aromatic rings. The topological polar surface area (TPSA) is 85.4 Å². The van der Waals surface area contributed by atoms with E-state index in [1.54, 1.807) is 24.1 Å². The summed E-state index contributed by atoms with van der Waals surface area (Å²) in [5, 5.41) is 0. The van der Waals surface area contributed by atoms with Gasteiger partial charge in [0.1, 0.15) is 12.4 Å². The van der Waals surface area contributed by atoms with Crippen molar-refractivity contribution in [2.45, 2.75) is 20.4 Å². The van der Waals surface area contributed by atoms with Gasteiger partial charge >= 0.3 is 10.1 Å². The van der Waals surface area contributed by atoms with Crippen LogP contribution in [0.2, 0.25) is 0 Å². The summed E-state index contributed by atoms with van der Waals surface area (Å²) in [4.78, 5) is 15.9. The normalized spacial score (nSPS) is 11.3. The third-order valence-electron chi connectivity index (χ3n) is 3.97. The lowest BCUT2D eigenvalue weighted by atomic mass is 10.1. The molecule has 0 spiro atoms. The summed E-state index contributed by atoms with van der Waals surface area (Å²) in [6, 6.07) is 5.37. The molecule has 0 heterocycles.